The smallest absolute Gasteiger partial charge is 0.226 e. The molecule has 0 fully saturated rings. The van der Waals surface area contributed by atoms with E-state index in [-0.39, 0.29) is 5.91 Å². The van der Waals surface area contributed by atoms with E-state index in [0.29, 0.717) is 24.6 Å². The van der Waals surface area contributed by atoms with Crippen LogP contribution in [-0.4, -0.2) is 22.7 Å². The van der Waals surface area contributed by atoms with Gasteiger partial charge in [-0.1, -0.05) is 59.0 Å². The molecular formula is C20H20ClN3O2S2. The first-order valence-corrected chi connectivity index (χ1v) is 11.0. The molecule has 0 unspecified atom stereocenters. The lowest BCUT2D eigenvalue weighted by atomic mass is 10.2. The molecule has 0 aliphatic rings. The maximum atomic E-state index is 12.1. The Morgan fingerprint density at radius 1 is 1.21 bits per heavy atom. The minimum Gasteiger partial charge on any atom is -0.494 e. The minimum absolute atomic E-state index is 0.0850. The summed E-state index contributed by atoms with van der Waals surface area (Å²) in [5.41, 5.74) is 2.31. The second-order valence-corrected chi connectivity index (χ2v) is 8.74. The first-order valence-electron chi connectivity index (χ1n) is 8.78. The second-order valence-electron chi connectivity index (χ2n) is 6.10. The number of hydrogen-bond donors (Lipinski definition) is 1. The van der Waals surface area contributed by atoms with Crippen molar-refractivity contribution in [1.29, 1.82) is 0 Å². The average molecular weight is 434 g/mol. The average Bonchev–Trinajstić information content (AvgIpc) is 3.12. The van der Waals surface area contributed by atoms with Crippen molar-refractivity contribution < 1.29 is 9.53 Å². The van der Waals surface area contributed by atoms with Gasteiger partial charge in [0, 0.05) is 17.2 Å². The summed E-state index contributed by atoms with van der Waals surface area (Å²) in [4.78, 5) is 12.1. The second kappa shape index (κ2) is 10.5. The maximum absolute atomic E-state index is 12.1. The maximum Gasteiger partial charge on any atom is 0.226 e. The van der Waals surface area contributed by atoms with Crippen LogP contribution in [-0.2, 0) is 10.5 Å². The third kappa shape index (κ3) is 6.82. The Balaban J connectivity index is 1.37. The summed E-state index contributed by atoms with van der Waals surface area (Å²) in [6, 6.07) is 15.6. The summed E-state index contributed by atoms with van der Waals surface area (Å²) >= 11 is 8.84. The van der Waals surface area contributed by atoms with Crippen LogP contribution in [0.2, 0.25) is 5.02 Å². The van der Waals surface area contributed by atoms with E-state index in [1.807, 2.05) is 55.5 Å². The lowest BCUT2D eigenvalue weighted by molar-refractivity contribution is -0.116. The zero-order valence-corrected chi connectivity index (χ0v) is 17.7. The van der Waals surface area contributed by atoms with Crippen molar-refractivity contribution in [3.05, 3.63) is 64.7 Å². The molecule has 5 nitrogen and oxygen atoms in total. The monoisotopic (exact) mass is 433 g/mol. The van der Waals surface area contributed by atoms with Crippen LogP contribution >= 0.6 is 34.7 Å². The number of carbonyl (C=O) groups excluding carboxylic acids is 1. The van der Waals surface area contributed by atoms with Crippen molar-refractivity contribution in [2.45, 2.75) is 29.9 Å². The van der Waals surface area contributed by atoms with E-state index in [0.717, 1.165) is 32.0 Å². The molecule has 0 saturated heterocycles. The summed E-state index contributed by atoms with van der Waals surface area (Å²) in [5.74, 6) is 1.51. The number of aromatic nitrogens is 2. The summed E-state index contributed by atoms with van der Waals surface area (Å²) in [7, 11) is 0. The zero-order chi connectivity index (χ0) is 19.8. The molecule has 1 amide bonds. The van der Waals surface area contributed by atoms with Gasteiger partial charge in [0.25, 0.3) is 0 Å². The van der Waals surface area contributed by atoms with Gasteiger partial charge in [-0.3, -0.25) is 4.79 Å². The van der Waals surface area contributed by atoms with Crippen molar-refractivity contribution >= 4 is 45.7 Å². The number of amides is 1. The molecule has 1 heterocycles. The van der Waals surface area contributed by atoms with Crippen LogP contribution in [0.5, 0.6) is 5.75 Å². The van der Waals surface area contributed by atoms with E-state index in [2.05, 4.69) is 15.5 Å². The minimum atomic E-state index is -0.0850. The topological polar surface area (TPSA) is 64.1 Å². The van der Waals surface area contributed by atoms with E-state index in [4.69, 9.17) is 16.3 Å². The lowest BCUT2D eigenvalue weighted by Gasteiger charge is -2.06. The molecule has 1 N–H and O–H groups in total. The van der Waals surface area contributed by atoms with Crippen molar-refractivity contribution in [3.8, 4) is 5.75 Å². The molecule has 0 bridgehead atoms. The van der Waals surface area contributed by atoms with E-state index in [9.17, 15) is 4.79 Å². The number of benzene rings is 2. The normalized spacial score (nSPS) is 10.6. The number of carbonyl (C=O) groups is 1. The number of rotatable bonds is 9. The van der Waals surface area contributed by atoms with Gasteiger partial charge in [-0.05, 0) is 48.7 Å². The van der Waals surface area contributed by atoms with E-state index in [1.165, 1.54) is 11.3 Å². The van der Waals surface area contributed by atoms with Crippen molar-refractivity contribution in [2.24, 2.45) is 0 Å². The third-order valence-corrected chi connectivity index (χ3v) is 6.03. The Morgan fingerprint density at radius 3 is 2.82 bits per heavy atom. The van der Waals surface area contributed by atoms with Gasteiger partial charge in [-0.25, -0.2) is 0 Å². The van der Waals surface area contributed by atoms with Gasteiger partial charge in [0.2, 0.25) is 11.0 Å². The fourth-order valence-corrected chi connectivity index (χ4v) is 4.20. The first kappa shape index (κ1) is 20.6. The van der Waals surface area contributed by atoms with Crippen LogP contribution in [0.25, 0.3) is 0 Å². The molecule has 28 heavy (non-hydrogen) atoms. The van der Waals surface area contributed by atoms with Crippen molar-refractivity contribution in [2.75, 3.05) is 11.9 Å². The van der Waals surface area contributed by atoms with Gasteiger partial charge in [0.15, 0.2) is 4.34 Å². The molecule has 3 aromatic rings. The largest absolute Gasteiger partial charge is 0.494 e. The van der Waals surface area contributed by atoms with Gasteiger partial charge in [-0.15, -0.1) is 10.2 Å². The summed E-state index contributed by atoms with van der Waals surface area (Å²) in [6.07, 6.45) is 1.01. The Labute approximate surface area is 177 Å². The highest BCUT2D eigenvalue weighted by Crippen LogP contribution is 2.28. The fourth-order valence-electron chi connectivity index (χ4n) is 2.35. The van der Waals surface area contributed by atoms with Crippen LogP contribution in [0.4, 0.5) is 5.13 Å². The number of halogens is 1. The van der Waals surface area contributed by atoms with Crippen LogP contribution in [0, 0.1) is 6.92 Å². The predicted octanol–water partition coefficient (Wildman–Crippen LogP) is 5.59. The standard InChI is InChI=1S/C20H20ClN3O2S2/c1-14-4-2-5-17(12-14)26-11-3-6-18(25)22-19-23-24-20(28-19)27-13-15-7-9-16(21)10-8-15/h2,4-5,7-10,12H,3,6,11,13H2,1H3,(H,22,23,25). The Hall–Kier alpha value is -2.09. The molecule has 0 aliphatic carbocycles. The number of nitrogens with one attached hydrogen (secondary N) is 1. The Morgan fingerprint density at radius 2 is 2.04 bits per heavy atom. The quantitative estimate of drug-likeness (QED) is 0.270. The molecule has 146 valence electrons. The van der Waals surface area contributed by atoms with Gasteiger partial charge in [0.1, 0.15) is 5.75 Å². The van der Waals surface area contributed by atoms with Gasteiger partial charge < -0.3 is 10.1 Å². The highest BCUT2D eigenvalue weighted by Gasteiger charge is 2.09. The molecule has 0 aliphatic heterocycles. The molecule has 3 rings (SSSR count). The molecule has 0 saturated carbocycles. The number of ether oxygens (including phenoxy) is 1. The highest BCUT2D eigenvalue weighted by molar-refractivity contribution is 8.00. The van der Waals surface area contributed by atoms with Crippen LogP contribution in [0.3, 0.4) is 0 Å². The highest BCUT2D eigenvalue weighted by atomic mass is 35.5. The third-order valence-electron chi connectivity index (χ3n) is 3.73. The number of thioether (sulfide) groups is 1. The zero-order valence-electron chi connectivity index (χ0n) is 15.4. The van der Waals surface area contributed by atoms with Gasteiger partial charge in [-0.2, -0.15) is 0 Å². The number of nitrogens with zero attached hydrogens (tertiary/aromatic N) is 2. The van der Waals surface area contributed by atoms with Crippen LogP contribution in [0.1, 0.15) is 24.0 Å². The Kier molecular flexibility index (Phi) is 7.71. The van der Waals surface area contributed by atoms with E-state index in [1.54, 1.807) is 11.8 Å². The molecule has 0 radical (unpaired) electrons. The molecule has 2 aromatic carbocycles. The molecular weight excluding hydrogens is 414 g/mol. The molecule has 1 aromatic heterocycles. The van der Waals surface area contributed by atoms with Gasteiger partial charge in [0.05, 0.1) is 6.61 Å². The van der Waals surface area contributed by atoms with Crippen LogP contribution < -0.4 is 10.1 Å². The lowest BCUT2D eigenvalue weighted by Crippen LogP contribution is -2.12. The molecule has 0 spiro atoms. The first-order chi connectivity index (χ1) is 13.6. The van der Waals surface area contributed by atoms with Crippen LogP contribution in [0.15, 0.2) is 52.9 Å². The Bertz CT molecular complexity index is 916. The molecule has 8 heteroatoms. The van der Waals surface area contributed by atoms with E-state index < -0.39 is 0 Å². The SMILES string of the molecule is Cc1cccc(OCCCC(=O)Nc2nnc(SCc3ccc(Cl)cc3)s2)c1. The molecule has 0 atom stereocenters. The van der Waals surface area contributed by atoms with E-state index >= 15 is 0 Å². The summed E-state index contributed by atoms with van der Waals surface area (Å²) in [6.45, 7) is 2.51. The van der Waals surface area contributed by atoms with Gasteiger partial charge >= 0.3 is 0 Å². The van der Waals surface area contributed by atoms with Crippen molar-refractivity contribution in [3.63, 3.8) is 0 Å². The number of hydrogen-bond acceptors (Lipinski definition) is 6. The van der Waals surface area contributed by atoms with Crippen molar-refractivity contribution in [1.82, 2.24) is 10.2 Å². The predicted molar refractivity (Wildman–Crippen MR) is 115 cm³/mol. The number of aryl methyl sites for hydroxylation is 1. The summed E-state index contributed by atoms with van der Waals surface area (Å²) in [5, 5.41) is 12.2. The fraction of sp³-hybridized carbons (Fsp3) is 0.250. The number of anilines is 1. The summed E-state index contributed by atoms with van der Waals surface area (Å²) < 4.78 is 6.47.